The summed E-state index contributed by atoms with van der Waals surface area (Å²) < 4.78 is 4.94. The van der Waals surface area contributed by atoms with Gasteiger partial charge in [-0.1, -0.05) is 0 Å². The summed E-state index contributed by atoms with van der Waals surface area (Å²) in [6, 6.07) is 0.648. The Morgan fingerprint density at radius 1 is 1.40 bits per heavy atom. The summed E-state index contributed by atoms with van der Waals surface area (Å²) in [6.45, 7) is 9.50. The SMILES string of the molecule is CCOC(=O)CN(C(C)C)C(C)CCN. The molecule has 0 aromatic rings. The standard InChI is InChI=1S/C11H24N2O2/c1-5-15-11(14)8-13(9(2)3)10(4)6-7-12/h9-10H,5-8,12H2,1-4H3. The van der Waals surface area contributed by atoms with Crippen LogP contribution in [0.4, 0.5) is 0 Å². The first kappa shape index (κ1) is 14.4. The second kappa shape index (κ2) is 7.65. The molecule has 0 bridgehead atoms. The van der Waals surface area contributed by atoms with Crippen LogP contribution in [0, 0.1) is 0 Å². The topological polar surface area (TPSA) is 55.6 Å². The molecule has 1 atom stereocenters. The number of nitrogens with two attached hydrogens (primary N) is 1. The maximum atomic E-state index is 11.4. The number of nitrogens with zero attached hydrogens (tertiary/aromatic N) is 1. The van der Waals surface area contributed by atoms with Crippen LogP contribution in [0.25, 0.3) is 0 Å². The maximum Gasteiger partial charge on any atom is 0.320 e. The van der Waals surface area contributed by atoms with Crippen molar-refractivity contribution in [2.75, 3.05) is 19.7 Å². The number of ether oxygens (including phenoxy) is 1. The minimum atomic E-state index is -0.157. The normalized spacial score (nSPS) is 13.3. The molecule has 0 saturated heterocycles. The summed E-state index contributed by atoms with van der Waals surface area (Å²) in [4.78, 5) is 13.5. The Morgan fingerprint density at radius 2 is 2.00 bits per heavy atom. The molecule has 2 N–H and O–H groups in total. The van der Waals surface area contributed by atoms with Crippen LogP contribution in [0.1, 0.15) is 34.1 Å². The Kier molecular flexibility index (Phi) is 7.34. The van der Waals surface area contributed by atoms with Gasteiger partial charge in [0.1, 0.15) is 0 Å². The highest BCUT2D eigenvalue weighted by Crippen LogP contribution is 2.08. The molecule has 0 heterocycles. The van der Waals surface area contributed by atoms with Gasteiger partial charge in [0.25, 0.3) is 0 Å². The Labute approximate surface area is 92.8 Å². The lowest BCUT2D eigenvalue weighted by Crippen LogP contribution is -2.43. The lowest BCUT2D eigenvalue weighted by atomic mass is 10.1. The van der Waals surface area contributed by atoms with Gasteiger partial charge in [0, 0.05) is 12.1 Å². The zero-order valence-corrected chi connectivity index (χ0v) is 10.3. The van der Waals surface area contributed by atoms with Gasteiger partial charge in [-0.3, -0.25) is 9.69 Å². The van der Waals surface area contributed by atoms with E-state index >= 15 is 0 Å². The number of rotatable bonds is 7. The molecule has 15 heavy (non-hydrogen) atoms. The molecule has 4 heteroatoms. The Bertz CT molecular complexity index is 183. The highest BCUT2D eigenvalue weighted by atomic mass is 16.5. The summed E-state index contributed by atoms with van der Waals surface area (Å²) in [5.41, 5.74) is 5.51. The van der Waals surface area contributed by atoms with Gasteiger partial charge in [-0.15, -0.1) is 0 Å². The highest BCUT2D eigenvalue weighted by molar-refractivity contribution is 5.71. The van der Waals surface area contributed by atoms with E-state index in [1.807, 2.05) is 6.92 Å². The van der Waals surface area contributed by atoms with Crippen molar-refractivity contribution in [2.45, 2.75) is 46.2 Å². The van der Waals surface area contributed by atoms with Crippen LogP contribution in [-0.4, -0.2) is 42.6 Å². The average molecular weight is 216 g/mol. The molecule has 0 aliphatic heterocycles. The van der Waals surface area contributed by atoms with Gasteiger partial charge in [0.05, 0.1) is 13.2 Å². The third kappa shape index (κ3) is 5.74. The van der Waals surface area contributed by atoms with Gasteiger partial charge in [0.2, 0.25) is 0 Å². The van der Waals surface area contributed by atoms with E-state index in [9.17, 15) is 4.79 Å². The molecule has 1 unspecified atom stereocenters. The van der Waals surface area contributed by atoms with Gasteiger partial charge >= 0.3 is 5.97 Å². The van der Waals surface area contributed by atoms with Crippen molar-refractivity contribution in [3.05, 3.63) is 0 Å². The third-order valence-electron chi connectivity index (χ3n) is 2.43. The fourth-order valence-corrected chi connectivity index (χ4v) is 1.61. The monoisotopic (exact) mass is 216 g/mol. The Hall–Kier alpha value is -0.610. The number of carbonyl (C=O) groups excluding carboxylic acids is 1. The van der Waals surface area contributed by atoms with Crippen LogP contribution in [0.3, 0.4) is 0 Å². The number of hydrogen-bond donors (Lipinski definition) is 1. The van der Waals surface area contributed by atoms with Crippen molar-refractivity contribution in [1.82, 2.24) is 4.90 Å². The molecule has 0 aromatic heterocycles. The molecule has 0 saturated carbocycles. The van der Waals surface area contributed by atoms with Crippen molar-refractivity contribution >= 4 is 5.97 Å². The molecule has 0 aromatic carbocycles. The van der Waals surface area contributed by atoms with Crippen molar-refractivity contribution in [3.63, 3.8) is 0 Å². The first-order chi connectivity index (χ1) is 7.02. The van der Waals surface area contributed by atoms with Crippen LogP contribution >= 0.6 is 0 Å². The Balaban J connectivity index is 4.20. The van der Waals surface area contributed by atoms with Crippen molar-refractivity contribution in [1.29, 1.82) is 0 Å². The summed E-state index contributed by atoms with van der Waals surface area (Å²) in [5.74, 6) is -0.157. The van der Waals surface area contributed by atoms with E-state index in [4.69, 9.17) is 10.5 Å². The lowest BCUT2D eigenvalue weighted by molar-refractivity contribution is -0.145. The molecule has 0 amide bonds. The van der Waals surface area contributed by atoms with E-state index in [0.717, 1.165) is 6.42 Å². The van der Waals surface area contributed by atoms with Crippen LogP contribution in [0.2, 0.25) is 0 Å². The van der Waals surface area contributed by atoms with E-state index in [-0.39, 0.29) is 5.97 Å². The largest absolute Gasteiger partial charge is 0.465 e. The van der Waals surface area contributed by atoms with Gasteiger partial charge < -0.3 is 10.5 Å². The van der Waals surface area contributed by atoms with E-state index in [1.54, 1.807) is 0 Å². The fraction of sp³-hybridized carbons (Fsp3) is 0.909. The lowest BCUT2D eigenvalue weighted by Gasteiger charge is -2.31. The van der Waals surface area contributed by atoms with Gasteiger partial charge in [-0.2, -0.15) is 0 Å². The molecule has 0 radical (unpaired) electrons. The van der Waals surface area contributed by atoms with E-state index < -0.39 is 0 Å². The summed E-state index contributed by atoms with van der Waals surface area (Å²) in [5, 5.41) is 0. The molecule has 0 fully saturated rings. The molecule has 0 spiro atoms. The zero-order chi connectivity index (χ0) is 11.8. The summed E-state index contributed by atoms with van der Waals surface area (Å²) in [7, 11) is 0. The number of hydrogen-bond acceptors (Lipinski definition) is 4. The first-order valence-corrected chi connectivity index (χ1v) is 5.64. The summed E-state index contributed by atoms with van der Waals surface area (Å²) in [6.07, 6.45) is 0.900. The van der Waals surface area contributed by atoms with Gasteiger partial charge in [-0.25, -0.2) is 0 Å². The Morgan fingerprint density at radius 3 is 2.40 bits per heavy atom. The van der Waals surface area contributed by atoms with Crippen molar-refractivity contribution < 1.29 is 9.53 Å². The molecule has 0 aliphatic carbocycles. The minimum absolute atomic E-state index is 0.157. The predicted molar refractivity (Wildman–Crippen MR) is 61.6 cm³/mol. The molecule has 90 valence electrons. The average Bonchev–Trinajstić information content (AvgIpc) is 2.14. The van der Waals surface area contributed by atoms with Crippen LogP contribution in [0.15, 0.2) is 0 Å². The molecule has 0 aliphatic rings. The number of esters is 1. The minimum Gasteiger partial charge on any atom is -0.465 e. The second-order valence-corrected chi connectivity index (χ2v) is 4.00. The van der Waals surface area contributed by atoms with Crippen molar-refractivity contribution in [3.8, 4) is 0 Å². The van der Waals surface area contributed by atoms with Crippen LogP contribution < -0.4 is 5.73 Å². The fourth-order valence-electron chi connectivity index (χ4n) is 1.61. The van der Waals surface area contributed by atoms with Crippen LogP contribution in [0.5, 0.6) is 0 Å². The van der Waals surface area contributed by atoms with E-state index in [0.29, 0.717) is 31.8 Å². The van der Waals surface area contributed by atoms with Gasteiger partial charge in [-0.05, 0) is 40.7 Å². The molecular weight excluding hydrogens is 192 g/mol. The molecule has 0 rings (SSSR count). The summed E-state index contributed by atoms with van der Waals surface area (Å²) >= 11 is 0. The third-order valence-corrected chi connectivity index (χ3v) is 2.43. The number of carbonyl (C=O) groups is 1. The second-order valence-electron chi connectivity index (χ2n) is 4.00. The molecular formula is C11H24N2O2. The van der Waals surface area contributed by atoms with E-state index in [1.165, 1.54) is 0 Å². The van der Waals surface area contributed by atoms with Crippen molar-refractivity contribution in [2.24, 2.45) is 5.73 Å². The highest BCUT2D eigenvalue weighted by Gasteiger charge is 2.19. The smallest absolute Gasteiger partial charge is 0.320 e. The maximum absolute atomic E-state index is 11.4. The quantitative estimate of drug-likeness (QED) is 0.645. The predicted octanol–water partition coefficient (Wildman–Crippen LogP) is 0.997. The van der Waals surface area contributed by atoms with E-state index in [2.05, 4.69) is 25.7 Å². The first-order valence-electron chi connectivity index (χ1n) is 5.64. The van der Waals surface area contributed by atoms with Crippen LogP contribution in [-0.2, 0) is 9.53 Å². The van der Waals surface area contributed by atoms with Gasteiger partial charge in [0.15, 0.2) is 0 Å². The zero-order valence-electron chi connectivity index (χ0n) is 10.3. The molecule has 4 nitrogen and oxygen atoms in total.